The monoisotopic (exact) mass is 284 g/mol. The Labute approximate surface area is 125 Å². The Kier molecular flexibility index (Phi) is 4.79. The van der Waals surface area contributed by atoms with E-state index in [1.54, 1.807) is 12.1 Å². The third-order valence-electron chi connectivity index (χ3n) is 3.44. The van der Waals surface area contributed by atoms with Gasteiger partial charge in [0.05, 0.1) is 11.6 Å². The number of benzene rings is 2. The molecule has 3 heteroatoms. The molecule has 0 saturated carbocycles. The van der Waals surface area contributed by atoms with E-state index in [9.17, 15) is 0 Å². The van der Waals surface area contributed by atoms with Crippen molar-refractivity contribution in [3.05, 3.63) is 69.7 Å². The Morgan fingerprint density at radius 1 is 1.25 bits per heavy atom. The highest BCUT2D eigenvalue weighted by Crippen LogP contribution is 2.20. The lowest BCUT2D eigenvalue weighted by Gasteiger charge is -2.17. The zero-order chi connectivity index (χ0) is 14.5. The fourth-order valence-electron chi connectivity index (χ4n) is 2.21. The summed E-state index contributed by atoms with van der Waals surface area (Å²) < 4.78 is 0. The van der Waals surface area contributed by atoms with Crippen molar-refractivity contribution in [3.8, 4) is 6.07 Å². The van der Waals surface area contributed by atoms with Crippen LogP contribution >= 0.6 is 11.6 Å². The molecule has 1 atom stereocenters. The van der Waals surface area contributed by atoms with E-state index in [2.05, 4.69) is 43.4 Å². The molecule has 2 rings (SSSR count). The quantitative estimate of drug-likeness (QED) is 0.905. The van der Waals surface area contributed by atoms with Gasteiger partial charge in [0.25, 0.3) is 0 Å². The van der Waals surface area contributed by atoms with E-state index in [4.69, 9.17) is 16.9 Å². The van der Waals surface area contributed by atoms with Crippen molar-refractivity contribution in [2.75, 3.05) is 0 Å². The largest absolute Gasteiger partial charge is 0.306 e. The van der Waals surface area contributed by atoms with Crippen molar-refractivity contribution in [2.45, 2.75) is 26.4 Å². The lowest BCUT2D eigenvalue weighted by molar-refractivity contribution is 0.572. The van der Waals surface area contributed by atoms with Gasteiger partial charge in [0.15, 0.2) is 0 Å². The number of hydrogen-bond donors (Lipinski definition) is 1. The summed E-state index contributed by atoms with van der Waals surface area (Å²) in [5.41, 5.74) is 4.16. The second kappa shape index (κ2) is 6.56. The Morgan fingerprint density at radius 3 is 2.65 bits per heavy atom. The summed E-state index contributed by atoms with van der Waals surface area (Å²) in [4.78, 5) is 0. The summed E-state index contributed by atoms with van der Waals surface area (Å²) in [5.74, 6) is 0. The molecular weight excluding hydrogens is 268 g/mol. The molecule has 0 heterocycles. The molecule has 0 radical (unpaired) electrons. The van der Waals surface area contributed by atoms with Crippen LogP contribution in [0.25, 0.3) is 0 Å². The van der Waals surface area contributed by atoms with Gasteiger partial charge in [-0.2, -0.15) is 5.26 Å². The van der Waals surface area contributed by atoms with Crippen LogP contribution in [-0.4, -0.2) is 0 Å². The first-order chi connectivity index (χ1) is 9.61. The van der Waals surface area contributed by atoms with Gasteiger partial charge in [-0.05, 0) is 42.7 Å². The van der Waals surface area contributed by atoms with Gasteiger partial charge in [-0.15, -0.1) is 0 Å². The van der Waals surface area contributed by atoms with Crippen LogP contribution in [0.3, 0.4) is 0 Å². The van der Waals surface area contributed by atoms with E-state index in [0.29, 0.717) is 17.1 Å². The Hall–Kier alpha value is -1.82. The predicted molar refractivity (Wildman–Crippen MR) is 82.6 cm³/mol. The van der Waals surface area contributed by atoms with Crippen molar-refractivity contribution in [3.63, 3.8) is 0 Å². The minimum Gasteiger partial charge on any atom is -0.306 e. The van der Waals surface area contributed by atoms with E-state index in [1.807, 2.05) is 12.1 Å². The number of nitrogens with zero attached hydrogens (tertiary/aromatic N) is 1. The zero-order valence-electron chi connectivity index (χ0n) is 11.7. The minimum atomic E-state index is 0.253. The van der Waals surface area contributed by atoms with Crippen molar-refractivity contribution >= 4 is 11.6 Å². The maximum Gasteiger partial charge on any atom is 0.0992 e. The number of rotatable bonds is 4. The number of nitrogens with one attached hydrogen (secondary N) is 1. The van der Waals surface area contributed by atoms with Crippen LogP contribution in [0.5, 0.6) is 0 Å². The molecule has 1 unspecified atom stereocenters. The van der Waals surface area contributed by atoms with Gasteiger partial charge in [0.1, 0.15) is 0 Å². The van der Waals surface area contributed by atoms with Crippen molar-refractivity contribution in [2.24, 2.45) is 0 Å². The third-order valence-corrected chi connectivity index (χ3v) is 3.79. The van der Waals surface area contributed by atoms with Gasteiger partial charge >= 0.3 is 0 Å². The lowest BCUT2D eigenvalue weighted by Crippen LogP contribution is -2.19. The highest BCUT2D eigenvalue weighted by Gasteiger charge is 2.08. The number of aryl methyl sites for hydroxylation is 1. The normalized spacial score (nSPS) is 11.9. The van der Waals surface area contributed by atoms with Crippen molar-refractivity contribution in [1.29, 1.82) is 5.26 Å². The van der Waals surface area contributed by atoms with Crippen LogP contribution in [0.15, 0.2) is 42.5 Å². The highest BCUT2D eigenvalue weighted by atomic mass is 35.5. The third kappa shape index (κ3) is 3.39. The maximum absolute atomic E-state index is 8.83. The number of hydrogen-bond acceptors (Lipinski definition) is 2. The second-order valence-electron chi connectivity index (χ2n) is 4.88. The molecule has 1 N–H and O–H groups in total. The fraction of sp³-hybridized carbons (Fsp3) is 0.235. The van der Waals surface area contributed by atoms with Crippen LogP contribution in [0.4, 0.5) is 0 Å². The molecule has 102 valence electrons. The molecule has 0 fully saturated rings. The van der Waals surface area contributed by atoms with Crippen LogP contribution in [0.1, 0.15) is 35.2 Å². The summed E-state index contributed by atoms with van der Waals surface area (Å²) in [5, 5.41) is 12.9. The summed E-state index contributed by atoms with van der Waals surface area (Å²) in [6.45, 7) is 4.93. The lowest BCUT2D eigenvalue weighted by atomic mass is 10.0. The van der Waals surface area contributed by atoms with Crippen molar-refractivity contribution < 1.29 is 0 Å². The predicted octanol–water partition coefficient (Wildman–Crippen LogP) is 4.37. The number of halogens is 1. The molecule has 2 nitrogen and oxygen atoms in total. The van der Waals surface area contributed by atoms with E-state index in [0.717, 1.165) is 5.56 Å². The van der Waals surface area contributed by atoms with Gasteiger partial charge in [0, 0.05) is 17.6 Å². The molecule has 20 heavy (non-hydrogen) atoms. The second-order valence-corrected chi connectivity index (χ2v) is 5.28. The van der Waals surface area contributed by atoms with Crippen LogP contribution in [-0.2, 0) is 6.54 Å². The summed E-state index contributed by atoms with van der Waals surface area (Å²) >= 11 is 6.18. The van der Waals surface area contributed by atoms with Gasteiger partial charge in [-0.3, -0.25) is 0 Å². The Morgan fingerprint density at radius 2 is 2.00 bits per heavy atom. The molecule has 2 aromatic rings. The van der Waals surface area contributed by atoms with Gasteiger partial charge in [-0.1, -0.05) is 41.9 Å². The summed E-state index contributed by atoms with van der Waals surface area (Å²) in [6.07, 6.45) is 0. The minimum absolute atomic E-state index is 0.253. The molecule has 0 aliphatic heterocycles. The van der Waals surface area contributed by atoms with Gasteiger partial charge in [-0.25, -0.2) is 0 Å². The number of nitriles is 1. The maximum atomic E-state index is 8.83. The summed E-state index contributed by atoms with van der Waals surface area (Å²) in [6, 6.07) is 16.1. The topological polar surface area (TPSA) is 35.8 Å². The van der Waals surface area contributed by atoms with E-state index in [-0.39, 0.29) is 6.04 Å². The van der Waals surface area contributed by atoms with Gasteiger partial charge in [0.2, 0.25) is 0 Å². The molecule has 0 aliphatic rings. The first-order valence-corrected chi connectivity index (χ1v) is 6.97. The molecule has 0 saturated heterocycles. The average molecular weight is 285 g/mol. The zero-order valence-corrected chi connectivity index (χ0v) is 12.4. The van der Waals surface area contributed by atoms with E-state index in [1.165, 1.54) is 11.1 Å². The van der Waals surface area contributed by atoms with Crippen LogP contribution < -0.4 is 5.32 Å². The molecule has 0 aliphatic carbocycles. The molecule has 0 aromatic heterocycles. The van der Waals surface area contributed by atoms with Crippen LogP contribution in [0.2, 0.25) is 5.02 Å². The molecular formula is C17H17ClN2. The molecule has 0 spiro atoms. The Bertz CT molecular complexity index is 644. The van der Waals surface area contributed by atoms with E-state index < -0.39 is 0 Å². The molecule has 2 aromatic carbocycles. The SMILES string of the molecule is Cc1ccccc1C(C)NCc1ccc(C#N)cc1Cl. The molecule has 0 amide bonds. The molecule has 0 bridgehead atoms. The fourth-order valence-corrected chi connectivity index (χ4v) is 2.45. The van der Waals surface area contributed by atoms with E-state index >= 15 is 0 Å². The first kappa shape index (κ1) is 14.6. The Balaban J connectivity index is 2.06. The standard InChI is InChI=1S/C17H17ClN2/c1-12-5-3-4-6-16(12)13(2)20-11-15-8-7-14(10-19)9-17(15)18/h3-9,13,20H,11H2,1-2H3. The van der Waals surface area contributed by atoms with Crippen molar-refractivity contribution in [1.82, 2.24) is 5.32 Å². The van der Waals surface area contributed by atoms with Gasteiger partial charge < -0.3 is 5.32 Å². The average Bonchev–Trinajstić information content (AvgIpc) is 2.46. The smallest absolute Gasteiger partial charge is 0.0992 e. The first-order valence-electron chi connectivity index (χ1n) is 6.59. The van der Waals surface area contributed by atoms with Crippen LogP contribution in [0, 0.1) is 18.3 Å². The highest BCUT2D eigenvalue weighted by molar-refractivity contribution is 6.31. The summed E-state index contributed by atoms with van der Waals surface area (Å²) in [7, 11) is 0.